The topological polar surface area (TPSA) is 75.4 Å². The van der Waals surface area contributed by atoms with Crippen molar-refractivity contribution < 1.29 is 19.4 Å². The molecule has 19 heavy (non-hydrogen) atoms. The number of aliphatic hydroxyl groups is 1. The molecule has 0 amide bonds. The van der Waals surface area contributed by atoms with Gasteiger partial charge in [-0.25, -0.2) is 13.9 Å². The lowest BCUT2D eigenvalue weighted by Crippen LogP contribution is -2.04. The van der Waals surface area contributed by atoms with E-state index in [4.69, 9.17) is 10.2 Å². The predicted molar refractivity (Wildman–Crippen MR) is 66.0 cm³/mol. The zero-order valence-electron chi connectivity index (χ0n) is 10.3. The van der Waals surface area contributed by atoms with Crippen molar-refractivity contribution in [1.29, 1.82) is 0 Å². The van der Waals surface area contributed by atoms with Gasteiger partial charge in [-0.05, 0) is 31.0 Å². The van der Waals surface area contributed by atoms with Gasteiger partial charge in [0.1, 0.15) is 5.82 Å². The van der Waals surface area contributed by atoms with Crippen LogP contribution in [0.3, 0.4) is 0 Å². The van der Waals surface area contributed by atoms with Gasteiger partial charge in [-0.2, -0.15) is 5.10 Å². The third-order valence-corrected chi connectivity index (χ3v) is 2.79. The maximum Gasteiger partial charge on any atom is 0.356 e. The number of carboxylic acid groups (broad SMARTS) is 1. The van der Waals surface area contributed by atoms with E-state index in [1.165, 1.54) is 23.0 Å². The highest BCUT2D eigenvalue weighted by molar-refractivity contribution is 5.87. The molecule has 0 saturated heterocycles. The summed E-state index contributed by atoms with van der Waals surface area (Å²) >= 11 is 0. The van der Waals surface area contributed by atoms with Crippen molar-refractivity contribution in [2.24, 2.45) is 0 Å². The largest absolute Gasteiger partial charge is 0.476 e. The maximum atomic E-state index is 13.2. The summed E-state index contributed by atoms with van der Waals surface area (Å²) in [5, 5.41) is 21.9. The summed E-state index contributed by atoms with van der Waals surface area (Å²) in [6.07, 6.45) is 1.69. The molecule has 1 aromatic heterocycles. The molecule has 0 aliphatic carbocycles. The van der Waals surface area contributed by atoms with E-state index in [9.17, 15) is 9.18 Å². The van der Waals surface area contributed by atoms with Gasteiger partial charge in [0.25, 0.3) is 0 Å². The smallest absolute Gasteiger partial charge is 0.356 e. The number of nitrogens with zero attached hydrogens (tertiary/aromatic N) is 2. The fourth-order valence-corrected chi connectivity index (χ4v) is 1.85. The Kier molecular flexibility index (Phi) is 3.62. The summed E-state index contributed by atoms with van der Waals surface area (Å²) in [6, 6.07) is 4.21. The van der Waals surface area contributed by atoms with E-state index in [1.807, 2.05) is 0 Å². The Balaban J connectivity index is 2.53. The number of aromatic nitrogens is 2. The molecule has 0 atom stereocenters. The van der Waals surface area contributed by atoms with Crippen LogP contribution >= 0.6 is 0 Å². The van der Waals surface area contributed by atoms with Crippen molar-refractivity contribution in [2.75, 3.05) is 6.61 Å². The molecule has 2 aromatic rings. The van der Waals surface area contributed by atoms with Gasteiger partial charge in [-0.15, -0.1) is 0 Å². The zero-order chi connectivity index (χ0) is 14.0. The number of aryl methyl sites for hydroxylation is 1. The molecule has 0 aliphatic heterocycles. The average Bonchev–Trinajstić information content (AvgIpc) is 2.77. The van der Waals surface area contributed by atoms with Gasteiger partial charge >= 0.3 is 5.97 Å². The highest BCUT2D eigenvalue weighted by Gasteiger charge is 2.16. The number of carboxylic acids is 1. The van der Waals surface area contributed by atoms with Crippen LogP contribution in [-0.4, -0.2) is 32.6 Å². The Labute approximate surface area is 108 Å². The molecule has 0 unspecified atom stereocenters. The van der Waals surface area contributed by atoms with Gasteiger partial charge in [0, 0.05) is 18.4 Å². The van der Waals surface area contributed by atoms with Gasteiger partial charge in [-0.1, -0.05) is 6.07 Å². The van der Waals surface area contributed by atoms with Gasteiger partial charge in [0.2, 0.25) is 0 Å². The maximum absolute atomic E-state index is 13.2. The molecule has 0 radical (unpaired) electrons. The van der Waals surface area contributed by atoms with Crippen LogP contribution in [0.1, 0.15) is 21.6 Å². The number of halogens is 1. The third-order valence-electron chi connectivity index (χ3n) is 2.79. The number of hydrogen-bond acceptors (Lipinski definition) is 3. The second kappa shape index (κ2) is 5.19. The number of benzene rings is 1. The Morgan fingerprint density at radius 1 is 1.47 bits per heavy atom. The van der Waals surface area contributed by atoms with E-state index in [1.54, 1.807) is 13.0 Å². The van der Waals surface area contributed by atoms with Crippen LogP contribution in [0.25, 0.3) is 5.69 Å². The molecule has 1 heterocycles. The predicted octanol–water partition coefficient (Wildman–Crippen LogP) is 1.55. The third kappa shape index (κ3) is 2.63. The molecule has 6 heteroatoms. The van der Waals surface area contributed by atoms with E-state index in [-0.39, 0.29) is 18.7 Å². The first-order valence-corrected chi connectivity index (χ1v) is 5.72. The van der Waals surface area contributed by atoms with Crippen molar-refractivity contribution in [3.05, 3.63) is 47.0 Å². The summed E-state index contributed by atoms with van der Waals surface area (Å²) in [5.41, 5.74) is 1.54. The minimum Gasteiger partial charge on any atom is -0.476 e. The highest BCUT2D eigenvalue weighted by Crippen LogP contribution is 2.18. The van der Waals surface area contributed by atoms with E-state index >= 15 is 0 Å². The Hall–Kier alpha value is -2.21. The van der Waals surface area contributed by atoms with Crippen LogP contribution in [0.4, 0.5) is 4.39 Å². The summed E-state index contributed by atoms with van der Waals surface area (Å²) in [5.74, 6) is -1.59. The van der Waals surface area contributed by atoms with Crippen LogP contribution in [0.5, 0.6) is 0 Å². The Morgan fingerprint density at radius 2 is 2.21 bits per heavy atom. The van der Waals surface area contributed by atoms with E-state index in [0.29, 0.717) is 11.3 Å². The number of hydrogen-bond donors (Lipinski definition) is 2. The first-order chi connectivity index (χ1) is 9.02. The van der Waals surface area contributed by atoms with E-state index in [0.717, 1.165) is 5.56 Å². The SMILES string of the molecule is Cc1ccc(F)cc1-n1cc(CCO)c(C(=O)O)n1. The first kappa shape index (κ1) is 13.2. The molecule has 2 rings (SSSR count). The van der Waals surface area contributed by atoms with Crippen LogP contribution in [-0.2, 0) is 6.42 Å². The van der Waals surface area contributed by atoms with Crippen molar-refractivity contribution in [2.45, 2.75) is 13.3 Å². The van der Waals surface area contributed by atoms with Crippen LogP contribution in [0, 0.1) is 12.7 Å². The number of rotatable bonds is 4. The lowest BCUT2D eigenvalue weighted by molar-refractivity contribution is 0.0688. The lowest BCUT2D eigenvalue weighted by atomic mass is 10.2. The van der Waals surface area contributed by atoms with Crippen molar-refractivity contribution in [1.82, 2.24) is 9.78 Å². The highest BCUT2D eigenvalue weighted by atomic mass is 19.1. The number of aromatic carboxylic acids is 1. The fraction of sp³-hybridized carbons (Fsp3) is 0.231. The number of carbonyl (C=O) groups is 1. The van der Waals surface area contributed by atoms with Gasteiger partial charge in [0.15, 0.2) is 5.69 Å². The first-order valence-electron chi connectivity index (χ1n) is 5.72. The Morgan fingerprint density at radius 3 is 2.84 bits per heavy atom. The molecule has 5 nitrogen and oxygen atoms in total. The zero-order valence-corrected chi connectivity index (χ0v) is 10.3. The molecule has 2 N–H and O–H groups in total. The van der Waals surface area contributed by atoms with Crippen molar-refractivity contribution in [3.8, 4) is 5.69 Å². The second-order valence-corrected chi connectivity index (χ2v) is 4.16. The van der Waals surface area contributed by atoms with Crippen molar-refractivity contribution >= 4 is 5.97 Å². The van der Waals surface area contributed by atoms with Gasteiger partial charge in [-0.3, -0.25) is 0 Å². The van der Waals surface area contributed by atoms with Crippen LogP contribution in [0.15, 0.2) is 24.4 Å². The van der Waals surface area contributed by atoms with Gasteiger partial charge < -0.3 is 10.2 Å². The second-order valence-electron chi connectivity index (χ2n) is 4.16. The molecule has 100 valence electrons. The molecule has 0 aliphatic rings. The van der Waals surface area contributed by atoms with Gasteiger partial charge in [0.05, 0.1) is 5.69 Å². The van der Waals surface area contributed by atoms with Crippen LogP contribution in [0.2, 0.25) is 0 Å². The summed E-state index contributed by atoms with van der Waals surface area (Å²) in [7, 11) is 0. The molecule has 0 fully saturated rings. The summed E-state index contributed by atoms with van der Waals surface area (Å²) in [6.45, 7) is 1.61. The van der Waals surface area contributed by atoms with Crippen molar-refractivity contribution in [3.63, 3.8) is 0 Å². The standard InChI is InChI=1S/C13H13FN2O3/c1-8-2-3-10(14)6-11(8)16-7-9(4-5-17)12(15-16)13(18)19/h2-3,6-7,17H,4-5H2,1H3,(H,18,19). The number of aliphatic hydroxyl groups excluding tert-OH is 1. The minimum atomic E-state index is -1.17. The summed E-state index contributed by atoms with van der Waals surface area (Å²) < 4.78 is 14.6. The molecular weight excluding hydrogens is 251 g/mol. The quantitative estimate of drug-likeness (QED) is 0.878. The molecule has 1 aromatic carbocycles. The monoisotopic (exact) mass is 264 g/mol. The molecule has 0 bridgehead atoms. The van der Waals surface area contributed by atoms with E-state index < -0.39 is 11.8 Å². The normalized spacial score (nSPS) is 10.7. The lowest BCUT2D eigenvalue weighted by Gasteiger charge is -2.05. The minimum absolute atomic E-state index is 0.127. The Bertz CT molecular complexity index is 622. The molecular formula is C13H13FN2O3. The fourth-order valence-electron chi connectivity index (χ4n) is 1.85. The molecule has 0 saturated carbocycles. The van der Waals surface area contributed by atoms with Crippen LogP contribution < -0.4 is 0 Å². The summed E-state index contributed by atoms with van der Waals surface area (Å²) in [4.78, 5) is 11.1. The average molecular weight is 264 g/mol. The van der Waals surface area contributed by atoms with E-state index in [2.05, 4.69) is 5.10 Å². The molecule has 0 spiro atoms.